The number of aryl methyl sites for hydroxylation is 4. The van der Waals surface area contributed by atoms with Crippen molar-refractivity contribution in [2.45, 2.75) is 27.7 Å². The zero-order valence-electron chi connectivity index (χ0n) is 30.2. The summed E-state index contributed by atoms with van der Waals surface area (Å²) in [7, 11) is 0. The lowest BCUT2D eigenvalue weighted by atomic mass is 9.99. The average Bonchev–Trinajstić information content (AvgIpc) is 3.14. The maximum atomic E-state index is 2.35. The van der Waals surface area contributed by atoms with Crippen molar-refractivity contribution in [3.05, 3.63) is 203 Å². The van der Waals surface area contributed by atoms with Crippen LogP contribution in [0, 0.1) is 27.7 Å². The molecule has 0 saturated carbocycles. The van der Waals surface area contributed by atoms with Gasteiger partial charge in [0.05, 0.1) is 0 Å². The van der Waals surface area contributed by atoms with Crippen LogP contribution < -0.4 is 9.80 Å². The standard InChI is InChI=1S/C50H42N2/c1-35-27-36(2)30-47(29-35)51(43-11-7-5-8-12-43)45-22-17-39(18-23-45)15-16-40-19-25-49-41(33-40)20-21-42-34-46(24-26-50(42)49)52(44-13-9-6-10-14-44)48-31-37(3)28-38(4)32-48/h5-34H,1-4H3/b16-15+. The molecule has 0 aliphatic heterocycles. The highest BCUT2D eigenvalue weighted by atomic mass is 15.1. The predicted molar refractivity (Wildman–Crippen MR) is 225 cm³/mol. The molecule has 0 aliphatic carbocycles. The number of hydrogen-bond acceptors (Lipinski definition) is 2. The van der Waals surface area contributed by atoms with Crippen LogP contribution in [-0.2, 0) is 0 Å². The topological polar surface area (TPSA) is 6.48 Å². The molecule has 0 radical (unpaired) electrons. The van der Waals surface area contributed by atoms with Gasteiger partial charge in [-0.2, -0.15) is 0 Å². The van der Waals surface area contributed by atoms with Gasteiger partial charge in [0.2, 0.25) is 0 Å². The summed E-state index contributed by atoms with van der Waals surface area (Å²) in [6.45, 7) is 8.65. The van der Waals surface area contributed by atoms with Gasteiger partial charge in [0.25, 0.3) is 0 Å². The predicted octanol–water partition coefficient (Wildman–Crippen LogP) is 14.3. The Bertz CT molecular complexity index is 2510. The number of nitrogens with zero attached hydrogens (tertiary/aromatic N) is 2. The summed E-state index contributed by atoms with van der Waals surface area (Å²) in [6.07, 6.45) is 4.41. The van der Waals surface area contributed by atoms with Gasteiger partial charge >= 0.3 is 0 Å². The van der Waals surface area contributed by atoms with E-state index in [1.807, 2.05) is 0 Å². The highest BCUT2D eigenvalue weighted by Crippen LogP contribution is 2.39. The third-order valence-corrected chi connectivity index (χ3v) is 9.68. The Hall–Kier alpha value is -6.38. The zero-order chi connectivity index (χ0) is 35.6. The van der Waals surface area contributed by atoms with Gasteiger partial charge in [0.15, 0.2) is 0 Å². The lowest BCUT2D eigenvalue weighted by Gasteiger charge is -2.26. The first-order chi connectivity index (χ1) is 25.4. The highest BCUT2D eigenvalue weighted by Gasteiger charge is 2.15. The van der Waals surface area contributed by atoms with E-state index in [1.165, 1.54) is 60.7 Å². The summed E-state index contributed by atoms with van der Waals surface area (Å²) in [4.78, 5) is 4.68. The van der Waals surface area contributed by atoms with Gasteiger partial charge in [-0.15, -0.1) is 0 Å². The van der Waals surface area contributed by atoms with E-state index >= 15 is 0 Å². The molecule has 8 aromatic carbocycles. The molecule has 0 fully saturated rings. The molecule has 2 nitrogen and oxygen atoms in total. The van der Waals surface area contributed by atoms with Crippen molar-refractivity contribution in [2.24, 2.45) is 0 Å². The Kier molecular flexibility index (Phi) is 8.89. The molecule has 0 amide bonds. The average molecular weight is 671 g/mol. The number of hydrogen-bond donors (Lipinski definition) is 0. The van der Waals surface area contributed by atoms with Crippen LogP contribution in [0.4, 0.5) is 34.1 Å². The van der Waals surface area contributed by atoms with E-state index in [4.69, 9.17) is 0 Å². The van der Waals surface area contributed by atoms with E-state index in [0.717, 1.165) is 28.3 Å². The Morgan fingerprint density at radius 2 is 0.712 bits per heavy atom. The fourth-order valence-corrected chi connectivity index (χ4v) is 7.45. The van der Waals surface area contributed by atoms with Crippen molar-refractivity contribution in [3.63, 3.8) is 0 Å². The van der Waals surface area contributed by atoms with Crippen molar-refractivity contribution in [2.75, 3.05) is 9.80 Å². The van der Waals surface area contributed by atoms with Crippen LogP contribution in [0.1, 0.15) is 33.4 Å². The van der Waals surface area contributed by atoms with E-state index in [-0.39, 0.29) is 0 Å². The molecular formula is C50H42N2. The molecule has 0 aliphatic rings. The van der Waals surface area contributed by atoms with Crippen LogP contribution in [0.5, 0.6) is 0 Å². The van der Waals surface area contributed by atoms with Crippen molar-refractivity contribution < 1.29 is 0 Å². The van der Waals surface area contributed by atoms with Crippen LogP contribution in [0.25, 0.3) is 33.7 Å². The Balaban J connectivity index is 1.07. The van der Waals surface area contributed by atoms with Gasteiger partial charge in [0.1, 0.15) is 0 Å². The Morgan fingerprint density at radius 1 is 0.308 bits per heavy atom. The van der Waals surface area contributed by atoms with Crippen LogP contribution in [0.2, 0.25) is 0 Å². The number of anilines is 6. The lowest BCUT2D eigenvalue weighted by Crippen LogP contribution is -2.10. The zero-order valence-corrected chi connectivity index (χ0v) is 30.2. The van der Waals surface area contributed by atoms with Gasteiger partial charge < -0.3 is 9.80 Å². The highest BCUT2D eigenvalue weighted by molar-refractivity contribution is 6.09. The number of rotatable bonds is 8. The molecule has 0 unspecified atom stereocenters. The molecule has 8 rings (SSSR count). The van der Waals surface area contributed by atoms with E-state index in [9.17, 15) is 0 Å². The second-order valence-electron chi connectivity index (χ2n) is 13.9. The van der Waals surface area contributed by atoms with Gasteiger partial charge in [0, 0.05) is 34.1 Å². The minimum absolute atomic E-state index is 1.13. The molecule has 0 bridgehead atoms. The molecule has 52 heavy (non-hydrogen) atoms. The first-order valence-corrected chi connectivity index (χ1v) is 18.0. The van der Waals surface area contributed by atoms with Crippen LogP contribution in [0.3, 0.4) is 0 Å². The van der Waals surface area contributed by atoms with Crippen molar-refractivity contribution in [1.29, 1.82) is 0 Å². The quantitative estimate of drug-likeness (QED) is 0.117. The monoisotopic (exact) mass is 670 g/mol. The molecule has 8 aromatic rings. The first kappa shape index (κ1) is 32.8. The second kappa shape index (κ2) is 14.1. The molecule has 2 heteroatoms. The molecular weight excluding hydrogens is 629 g/mol. The van der Waals surface area contributed by atoms with Crippen LogP contribution in [0.15, 0.2) is 170 Å². The Labute approximate surface area is 307 Å². The fraction of sp³-hybridized carbons (Fsp3) is 0.0800. The molecule has 0 heterocycles. The van der Waals surface area contributed by atoms with E-state index in [2.05, 4.69) is 220 Å². The second-order valence-corrected chi connectivity index (χ2v) is 13.9. The summed E-state index contributed by atoms with van der Waals surface area (Å²) >= 11 is 0. The normalized spacial score (nSPS) is 11.4. The smallest absolute Gasteiger partial charge is 0.0468 e. The van der Waals surface area contributed by atoms with Crippen molar-refractivity contribution >= 4 is 67.8 Å². The van der Waals surface area contributed by atoms with Gasteiger partial charge in [-0.3, -0.25) is 0 Å². The summed E-state index contributed by atoms with van der Waals surface area (Å²) in [6, 6.07) is 61.7. The van der Waals surface area contributed by atoms with E-state index in [1.54, 1.807) is 0 Å². The molecule has 0 atom stereocenters. The minimum Gasteiger partial charge on any atom is -0.310 e. The van der Waals surface area contributed by atoms with Crippen molar-refractivity contribution in [3.8, 4) is 0 Å². The lowest BCUT2D eigenvalue weighted by molar-refractivity contribution is 1.25. The van der Waals surface area contributed by atoms with Crippen molar-refractivity contribution in [1.82, 2.24) is 0 Å². The van der Waals surface area contributed by atoms with E-state index in [0.29, 0.717) is 0 Å². The van der Waals surface area contributed by atoms with Gasteiger partial charge in [-0.25, -0.2) is 0 Å². The first-order valence-electron chi connectivity index (χ1n) is 18.0. The third-order valence-electron chi connectivity index (χ3n) is 9.68. The Morgan fingerprint density at radius 3 is 1.25 bits per heavy atom. The molecule has 0 saturated heterocycles. The van der Waals surface area contributed by atoms with E-state index < -0.39 is 0 Å². The van der Waals surface area contributed by atoms with Crippen LogP contribution >= 0.6 is 0 Å². The summed E-state index contributed by atoms with van der Waals surface area (Å²) < 4.78 is 0. The SMILES string of the molecule is Cc1cc(C)cc(N(c2ccccc2)c2ccc(/C=C/c3ccc4c(ccc5cc(N(c6ccccc6)c6cc(C)cc(C)c6)ccc54)c3)cc2)c1. The van der Waals surface area contributed by atoms with Crippen LogP contribution in [-0.4, -0.2) is 0 Å². The fourth-order valence-electron chi connectivity index (χ4n) is 7.45. The number of benzene rings is 8. The maximum absolute atomic E-state index is 2.35. The summed E-state index contributed by atoms with van der Waals surface area (Å²) in [5.74, 6) is 0. The largest absolute Gasteiger partial charge is 0.310 e. The summed E-state index contributed by atoms with van der Waals surface area (Å²) in [5, 5.41) is 4.98. The molecule has 0 spiro atoms. The van der Waals surface area contributed by atoms with Gasteiger partial charge in [-0.05, 0) is 161 Å². The minimum atomic E-state index is 1.13. The third kappa shape index (κ3) is 6.84. The summed E-state index contributed by atoms with van der Waals surface area (Å²) in [5.41, 5.74) is 14.3. The molecule has 0 N–H and O–H groups in total. The number of para-hydroxylation sites is 2. The van der Waals surface area contributed by atoms with Gasteiger partial charge in [-0.1, -0.05) is 103 Å². The molecule has 0 aromatic heterocycles. The molecule has 252 valence electrons. The maximum Gasteiger partial charge on any atom is 0.0468 e. The number of fused-ring (bicyclic) bond motifs is 3.